The number of H-pyrrole nitrogens is 4. The topological polar surface area (TPSA) is 250 Å². The van der Waals surface area contributed by atoms with Gasteiger partial charge in [-0.1, -0.05) is 90.1 Å². The fourth-order valence-electron chi connectivity index (χ4n) is 12.2. The Morgan fingerprint density at radius 2 is 1.34 bits per heavy atom. The van der Waals surface area contributed by atoms with E-state index in [1.807, 2.05) is 117 Å². The molecular formula is C70H61FN16O4. The summed E-state index contributed by atoms with van der Waals surface area (Å²) in [6.07, 6.45) is 9.90. The maximum absolute atomic E-state index is 14.3. The summed E-state index contributed by atoms with van der Waals surface area (Å²) in [5, 5.41) is 22.0. The second-order valence-corrected chi connectivity index (χ2v) is 23.8. The molecule has 4 N–H and O–H groups in total. The molecule has 3 aliphatic carbocycles. The van der Waals surface area contributed by atoms with Crippen LogP contribution in [0.15, 0.2) is 160 Å². The fraction of sp³-hybridized carbons (Fsp3) is 0.214. The summed E-state index contributed by atoms with van der Waals surface area (Å²) in [5.41, 5.74) is 16.2. The van der Waals surface area contributed by atoms with Crippen molar-refractivity contribution in [1.29, 1.82) is 0 Å². The zero-order valence-electron chi connectivity index (χ0n) is 50.7. The quantitative estimate of drug-likeness (QED) is 0.0834. The Morgan fingerprint density at radius 3 is 2.01 bits per heavy atom. The van der Waals surface area contributed by atoms with Crippen LogP contribution in [0.5, 0.6) is 0 Å². The molecular weight excluding hydrogens is 1150 g/mol. The van der Waals surface area contributed by atoms with E-state index in [-0.39, 0.29) is 34.8 Å². The number of aryl methyl sites for hydroxylation is 5. The van der Waals surface area contributed by atoms with Gasteiger partial charge in [0.1, 0.15) is 51.8 Å². The molecule has 91 heavy (non-hydrogen) atoms. The molecule has 20 nitrogen and oxygen atoms in total. The summed E-state index contributed by atoms with van der Waals surface area (Å²) in [6.45, 7) is 7.50. The van der Waals surface area contributed by atoms with E-state index in [2.05, 4.69) is 88.8 Å². The highest BCUT2D eigenvalue weighted by Crippen LogP contribution is 2.45. The number of Topliss-reactive ketones (excluding diaryl/α,β-unsaturated/α-hetero) is 1. The number of hydrogen-bond donors (Lipinski definition) is 4. The predicted molar refractivity (Wildman–Crippen MR) is 347 cm³/mol. The number of pyridine rings is 1. The van der Waals surface area contributed by atoms with Crippen molar-refractivity contribution in [1.82, 2.24) is 78.9 Å². The molecule has 452 valence electrons. The molecule has 0 spiro atoms. The Bertz CT molecular complexity index is 5260. The first-order valence-electron chi connectivity index (χ1n) is 30.4. The van der Waals surface area contributed by atoms with E-state index in [1.165, 1.54) is 47.7 Å². The Hall–Kier alpha value is -11.2. The Labute approximate surface area is 518 Å². The van der Waals surface area contributed by atoms with Crippen LogP contribution in [0.4, 0.5) is 4.39 Å². The number of fused-ring (bicyclic) bond motifs is 3. The molecule has 8 aromatic heterocycles. The number of ketones is 1. The number of hydrogen-bond acceptors (Lipinski definition) is 12. The summed E-state index contributed by atoms with van der Waals surface area (Å²) >= 11 is 0. The minimum Gasteiger partial charge on any atom is -0.361 e. The first kappa shape index (κ1) is 56.3. The van der Waals surface area contributed by atoms with Crippen molar-refractivity contribution in [2.75, 3.05) is 0 Å². The van der Waals surface area contributed by atoms with Crippen molar-refractivity contribution in [3.63, 3.8) is 0 Å². The second-order valence-electron chi connectivity index (χ2n) is 23.8. The third-order valence-corrected chi connectivity index (χ3v) is 17.2. The van der Waals surface area contributed by atoms with E-state index in [1.54, 1.807) is 22.2 Å². The van der Waals surface area contributed by atoms with Gasteiger partial charge in [-0.15, -0.1) is 5.10 Å². The first-order valence-corrected chi connectivity index (χ1v) is 30.4. The van der Waals surface area contributed by atoms with Gasteiger partial charge in [-0.05, 0) is 131 Å². The lowest BCUT2D eigenvalue weighted by Gasteiger charge is -2.13. The average Bonchev–Trinajstić information content (AvgIpc) is 1.73. The smallest absolute Gasteiger partial charge is 0.346 e. The van der Waals surface area contributed by atoms with Gasteiger partial charge in [-0.2, -0.15) is 10.2 Å². The number of aromatic nitrogens is 16. The number of aromatic amines is 4. The summed E-state index contributed by atoms with van der Waals surface area (Å²) in [4.78, 5) is 66.6. The second kappa shape index (κ2) is 22.4. The van der Waals surface area contributed by atoms with Crippen molar-refractivity contribution in [3.05, 3.63) is 201 Å². The molecule has 0 aliphatic heterocycles. The highest BCUT2D eigenvalue weighted by molar-refractivity contribution is 6.06. The van der Waals surface area contributed by atoms with Crippen molar-refractivity contribution in [3.8, 4) is 90.6 Å². The van der Waals surface area contributed by atoms with Gasteiger partial charge in [0.2, 0.25) is 0 Å². The predicted octanol–water partition coefficient (Wildman–Crippen LogP) is 13.7. The molecule has 0 amide bonds. The van der Waals surface area contributed by atoms with Crippen LogP contribution >= 0.6 is 0 Å². The number of benzene rings is 6. The highest BCUT2D eigenvalue weighted by atomic mass is 19.1. The Kier molecular flexibility index (Phi) is 13.9. The lowest BCUT2D eigenvalue weighted by atomic mass is 9.92. The molecule has 8 heterocycles. The average molecular weight is 1210 g/mol. The largest absolute Gasteiger partial charge is 0.361 e. The normalized spacial score (nSPS) is 13.8. The molecule has 3 fully saturated rings. The molecule has 21 heteroatoms. The maximum atomic E-state index is 14.3. The van der Waals surface area contributed by atoms with Crippen LogP contribution in [-0.2, 0) is 14.1 Å². The SMILES string of the molecule is CC(=O)c1cc(F)cc(-c2nc(-c3ccccc3)[nH]c2-c2n[nH]c(=O)n2C2CC2)c1.Cc1ccc2ncccc2c1-c1cc(-c2c(C)noc2C)cc2[nH]c(C3CC3)nc12.Cn1nc(-c2[nH]c(-c3ccccc3)nc2-c2ccc3cnn(C)c3c2)n(C2CC2)c1=O. The van der Waals surface area contributed by atoms with Gasteiger partial charge in [-0.25, -0.2) is 38.7 Å². The molecule has 14 aromatic rings. The van der Waals surface area contributed by atoms with Crippen LogP contribution in [0.25, 0.3) is 123 Å². The fourth-order valence-corrected chi connectivity index (χ4v) is 12.2. The number of nitrogens with zero attached hydrogens (tertiary/aromatic N) is 12. The van der Waals surface area contributed by atoms with E-state index < -0.39 is 5.82 Å². The van der Waals surface area contributed by atoms with Crippen LogP contribution in [0.1, 0.15) is 96.7 Å². The molecule has 6 aromatic carbocycles. The third-order valence-electron chi connectivity index (χ3n) is 17.2. The van der Waals surface area contributed by atoms with Crippen LogP contribution in [-0.4, -0.2) is 84.7 Å². The van der Waals surface area contributed by atoms with Crippen molar-refractivity contribution >= 4 is 38.6 Å². The van der Waals surface area contributed by atoms with Crippen LogP contribution in [0.2, 0.25) is 0 Å². The van der Waals surface area contributed by atoms with Crippen LogP contribution in [0, 0.1) is 26.6 Å². The summed E-state index contributed by atoms with van der Waals surface area (Å²) in [7, 11) is 3.62. The van der Waals surface area contributed by atoms with E-state index in [4.69, 9.17) is 19.5 Å². The highest BCUT2D eigenvalue weighted by Gasteiger charge is 2.34. The summed E-state index contributed by atoms with van der Waals surface area (Å²) < 4.78 is 26.4. The summed E-state index contributed by atoms with van der Waals surface area (Å²) in [6, 6.07) is 42.9. The third kappa shape index (κ3) is 10.6. The van der Waals surface area contributed by atoms with Crippen molar-refractivity contribution < 1.29 is 13.7 Å². The van der Waals surface area contributed by atoms with Gasteiger partial charge in [0, 0.05) is 88.0 Å². The van der Waals surface area contributed by atoms with E-state index in [9.17, 15) is 18.8 Å². The van der Waals surface area contributed by atoms with Gasteiger partial charge >= 0.3 is 11.4 Å². The number of nitrogens with one attached hydrogen (secondary N) is 4. The van der Waals surface area contributed by atoms with Gasteiger partial charge in [0.05, 0.1) is 34.0 Å². The number of rotatable bonds is 12. The lowest BCUT2D eigenvalue weighted by molar-refractivity contribution is 0.101. The monoisotopic (exact) mass is 1210 g/mol. The maximum Gasteiger partial charge on any atom is 0.346 e. The van der Waals surface area contributed by atoms with Gasteiger partial charge in [-0.3, -0.25) is 23.6 Å². The van der Waals surface area contributed by atoms with E-state index in [0.29, 0.717) is 40.3 Å². The zero-order valence-corrected chi connectivity index (χ0v) is 50.7. The molecule has 0 saturated heterocycles. The first-order chi connectivity index (χ1) is 44.2. The van der Waals surface area contributed by atoms with Gasteiger partial charge < -0.3 is 19.5 Å². The van der Waals surface area contributed by atoms with Crippen molar-refractivity contribution in [2.24, 2.45) is 14.1 Å². The van der Waals surface area contributed by atoms with Gasteiger partial charge in [0.15, 0.2) is 17.4 Å². The number of imidazole rings is 3. The molecule has 17 rings (SSSR count). The summed E-state index contributed by atoms with van der Waals surface area (Å²) in [5.74, 6) is 4.06. The Morgan fingerprint density at radius 1 is 0.648 bits per heavy atom. The standard InChI is InChI=1S/C25H22N4O.C23H21N7O.C22H18FN5O2/c1-13-6-9-20-18(5-4-10-26-20)22(13)19-11-17(23-14(2)29-30-15(23)3)12-21-24(19)28-25(27-21)16-7-8-16;1-28-18-12-15(8-9-16(18)13-24-28)19-20(26-21(25-19)14-6-4-3-5-7-14)22-27-29(2)23(31)30(22)17-10-11-17;1-12(29)14-9-15(11-16(23)10-14)18-19(21-26-27-22(30)28(21)17-7-8-17)25-20(24-18)13-5-3-2-4-6-13/h4-6,9-12,16H,7-8H2,1-3H3,(H,27,28);3-9,12-13,17H,10-11H2,1-2H3,(H,25,26);2-6,9-11,17H,7-8H2,1H3,(H,24,25)(H,27,30). The Balaban J connectivity index is 0.000000114. The molecule has 0 bridgehead atoms. The minimum absolute atomic E-state index is 0.0860. The van der Waals surface area contributed by atoms with Crippen molar-refractivity contribution in [2.45, 2.75) is 84.2 Å². The van der Waals surface area contributed by atoms with Crippen LogP contribution < -0.4 is 11.4 Å². The van der Waals surface area contributed by atoms with E-state index >= 15 is 0 Å². The molecule has 0 unspecified atom stereocenters. The van der Waals surface area contributed by atoms with Crippen LogP contribution in [0.3, 0.4) is 0 Å². The molecule has 0 atom stereocenters. The number of carbonyl (C=O) groups is 1. The minimum atomic E-state index is -0.533. The van der Waals surface area contributed by atoms with Gasteiger partial charge in [0.25, 0.3) is 0 Å². The molecule has 3 aliphatic rings. The molecule has 0 radical (unpaired) electrons. The lowest BCUT2D eigenvalue weighted by Crippen LogP contribution is -2.22. The number of carbonyl (C=O) groups excluding carboxylic acids is 1. The van der Waals surface area contributed by atoms with E-state index in [0.717, 1.165) is 126 Å². The zero-order chi connectivity index (χ0) is 62.3. The molecule has 3 saturated carbocycles. The number of halogens is 1.